The van der Waals surface area contributed by atoms with Crippen LogP contribution in [0.15, 0.2) is 4.99 Å². The lowest BCUT2D eigenvalue weighted by atomic mass is 10.0. The summed E-state index contributed by atoms with van der Waals surface area (Å²) < 4.78 is 5.50. The minimum Gasteiger partial charge on any atom is -0.379 e. The number of rotatable bonds is 10. The van der Waals surface area contributed by atoms with Gasteiger partial charge in [0.05, 0.1) is 13.2 Å². The Morgan fingerprint density at radius 3 is 2.37 bits per heavy atom. The van der Waals surface area contributed by atoms with E-state index in [0.717, 1.165) is 45.4 Å². The SMILES string of the molecule is CN=C(NCCCCCN1CCCCC1)NCC(C(C)C)N1CCOCC1. The molecule has 158 valence electrons. The molecule has 2 saturated heterocycles. The maximum absolute atomic E-state index is 5.50. The Balaban J connectivity index is 1.57. The highest BCUT2D eigenvalue weighted by Crippen LogP contribution is 2.12. The van der Waals surface area contributed by atoms with Crippen molar-refractivity contribution >= 4 is 5.96 Å². The summed E-state index contributed by atoms with van der Waals surface area (Å²) in [6, 6.07) is 0.525. The van der Waals surface area contributed by atoms with Crippen LogP contribution in [-0.2, 0) is 4.74 Å². The van der Waals surface area contributed by atoms with E-state index in [2.05, 4.69) is 39.3 Å². The molecule has 2 N–H and O–H groups in total. The summed E-state index contributed by atoms with van der Waals surface area (Å²) in [5.41, 5.74) is 0. The van der Waals surface area contributed by atoms with Crippen LogP contribution in [0.2, 0.25) is 0 Å². The second kappa shape index (κ2) is 13.3. The standard InChI is InChI=1S/C21H43N5O/c1-19(2)20(26-14-16-27-17-15-26)18-24-21(22-3)23-10-6-4-7-11-25-12-8-5-9-13-25/h19-20H,4-18H2,1-3H3,(H2,22,23,24). The van der Waals surface area contributed by atoms with Crippen molar-refractivity contribution in [2.45, 2.75) is 58.4 Å². The zero-order chi connectivity index (χ0) is 19.3. The minimum atomic E-state index is 0.525. The van der Waals surface area contributed by atoms with Crippen molar-refractivity contribution in [3.8, 4) is 0 Å². The molecule has 1 atom stereocenters. The molecule has 0 aromatic rings. The van der Waals surface area contributed by atoms with Crippen molar-refractivity contribution in [1.29, 1.82) is 0 Å². The molecule has 0 spiro atoms. The number of hydrogen-bond acceptors (Lipinski definition) is 4. The zero-order valence-electron chi connectivity index (χ0n) is 18.0. The number of likely N-dealkylation sites (tertiary alicyclic amines) is 1. The molecule has 0 bridgehead atoms. The predicted octanol–water partition coefficient (Wildman–Crippen LogP) is 2.16. The topological polar surface area (TPSA) is 52.1 Å². The van der Waals surface area contributed by atoms with Crippen molar-refractivity contribution < 1.29 is 4.74 Å². The molecule has 2 aliphatic heterocycles. The molecule has 2 fully saturated rings. The molecule has 0 radical (unpaired) electrons. The quantitative estimate of drug-likeness (QED) is 0.345. The van der Waals surface area contributed by atoms with Crippen LogP contribution in [-0.4, -0.2) is 87.9 Å². The van der Waals surface area contributed by atoms with Gasteiger partial charge < -0.3 is 20.3 Å². The lowest BCUT2D eigenvalue weighted by Crippen LogP contribution is -2.52. The summed E-state index contributed by atoms with van der Waals surface area (Å²) in [6.45, 7) is 14.2. The summed E-state index contributed by atoms with van der Waals surface area (Å²) in [6.07, 6.45) is 8.04. The molecule has 0 aromatic heterocycles. The van der Waals surface area contributed by atoms with E-state index < -0.39 is 0 Å². The fourth-order valence-electron chi connectivity index (χ4n) is 4.14. The highest BCUT2D eigenvalue weighted by molar-refractivity contribution is 5.79. The Labute approximate surface area is 167 Å². The van der Waals surface area contributed by atoms with Gasteiger partial charge in [-0.15, -0.1) is 0 Å². The Morgan fingerprint density at radius 1 is 0.963 bits per heavy atom. The van der Waals surface area contributed by atoms with Crippen molar-refractivity contribution in [2.75, 3.05) is 66.1 Å². The van der Waals surface area contributed by atoms with Gasteiger partial charge in [-0.2, -0.15) is 0 Å². The van der Waals surface area contributed by atoms with Crippen molar-refractivity contribution in [1.82, 2.24) is 20.4 Å². The molecule has 6 heteroatoms. The van der Waals surface area contributed by atoms with E-state index in [-0.39, 0.29) is 0 Å². The average molecular weight is 382 g/mol. The van der Waals surface area contributed by atoms with E-state index in [4.69, 9.17) is 4.74 Å². The normalized spacial score (nSPS) is 21.4. The van der Waals surface area contributed by atoms with E-state index in [1.54, 1.807) is 0 Å². The van der Waals surface area contributed by atoms with Crippen LogP contribution in [0.1, 0.15) is 52.4 Å². The molecule has 0 amide bonds. The fourth-order valence-corrected chi connectivity index (χ4v) is 4.14. The van der Waals surface area contributed by atoms with Gasteiger partial charge in [0.1, 0.15) is 0 Å². The number of nitrogens with one attached hydrogen (secondary N) is 2. The van der Waals surface area contributed by atoms with Gasteiger partial charge in [0.25, 0.3) is 0 Å². The number of morpholine rings is 1. The first-order valence-corrected chi connectivity index (χ1v) is 11.2. The van der Waals surface area contributed by atoms with Crippen LogP contribution in [0, 0.1) is 5.92 Å². The van der Waals surface area contributed by atoms with E-state index in [1.807, 2.05) is 7.05 Å². The van der Waals surface area contributed by atoms with Crippen LogP contribution >= 0.6 is 0 Å². The van der Waals surface area contributed by atoms with Crippen LogP contribution < -0.4 is 10.6 Å². The van der Waals surface area contributed by atoms with E-state index in [0.29, 0.717) is 12.0 Å². The Bertz CT molecular complexity index is 403. The van der Waals surface area contributed by atoms with Crippen molar-refractivity contribution in [3.05, 3.63) is 0 Å². The predicted molar refractivity (Wildman–Crippen MR) is 115 cm³/mol. The molecule has 2 rings (SSSR count). The second-order valence-corrected chi connectivity index (χ2v) is 8.30. The first-order chi connectivity index (χ1) is 13.2. The number of piperidine rings is 1. The molecule has 0 aliphatic carbocycles. The van der Waals surface area contributed by atoms with Gasteiger partial charge in [-0.1, -0.05) is 26.7 Å². The first kappa shape index (κ1) is 22.4. The highest BCUT2D eigenvalue weighted by atomic mass is 16.5. The summed E-state index contributed by atoms with van der Waals surface area (Å²) in [4.78, 5) is 9.58. The van der Waals surface area contributed by atoms with Crippen LogP contribution in [0.5, 0.6) is 0 Å². The van der Waals surface area contributed by atoms with Crippen LogP contribution in [0.25, 0.3) is 0 Å². The van der Waals surface area contributed by atoms with E-state index in [1.165, 1.54) is 58.2 Å². The minimum absolute atomic E-state index is 0.525. The number of ether oxygens (including phenoxy) is 1. The third kappa shape index (κ3) is 8.79. The average Bonchev–Trinajstić information content (AvgIpc) is 2.70. The van der Waals surface area contributed by atoms with E-state index in [9.17, 15) is 0 Å². The molecule has 0 aromatic carbocycles. The second-order valence-electron chi connectivity index (χ2n) is 8.30. The van der Waals surface area contributed by atoms with Gasteiger partial charge in [-0.25, -0.2) is 0 Å². The van der Waals surface area contributed by atoms with Crippen molar-refractivity contribution in [3.63, 3.8) is 0 Å². The fraction of sp³-hybridized carbons (Fsp3) is 0.952. The van der Waals surface area contributed by atoms with Crippen molar-refractivity contribution in [2.24, 2.45) is 10.9 Å². The Morgan fingerprint density at radius 2 is 1.70 bits per heavy atom. The van der Waals surface area contributed by atoms with Crippen LogP contribution in [0.4, 0.5) is 0 Å². The molecular weight excluding hydrogens is 338 g/mol. The number of guanidine groups is 1. The highest BCUT2D eigenvalue weighted by Gasteiger charge is 2.23. The molecule has 2 heterocycles. The van der Waals surface area contributed by atoms with Gasteiger partial charge in [0.15, 0.2) is 5.96 Å². The first-order valence-electron chi connectivity index (χ1n) is 11.2. The third-order valence-corrected chi connectivity index (χ3v) is 5.88. The van der Waals surface area contributed by atoms with Gasteiger partial charge in [0, 0.05) is 39.3 Å². The number of aliphatic imine (C=N–C) groups is 1. The lowest BCUT2D eigenvalue weighted by Gasteiger charge is -2.37. The lowest BCUT2D eigenvalue weighted by molar-refractivity contribution is 0.00752. The Hall–Kier alpha value is -0.850. The molecule has 0 saturated carbocycles. The molecule has 27 heavy (non-hydrogen) atoms. The summed E-state index contributed by atoms with van der Waals surface area (Å²) in [5, 5.41) is 7.03. The molecular formula is C21H43N5O. The van der Waals surface area contributed by atoms with Crippen LogP contribution in [0.3, 0.4) is 0 Å². The summed E-state index contributed by atoms with van der Waals surface area (Å²) >= 11 is 0. The number of unbranched alkanes of at least 4 members (excludes halogenated alkanes) is 2. The zero-order valence-corrected chi connectivity index (χ0v) is 18.0. The number of nitrogens with zero attached hydrogens (tertiary/aromatic N) is 3. The molecule has 2 aliphatic rings. The maximum Gasteiger partial charge on any atom is 0.191 e. The Kier molecular flexibility index (Phi) is 11.1. The van der Waals surface area contributed by atoms with Gasteiger partial charge in [-0.05, 0) is 51.2 Å². The smallest absolute Gasteiger partial charge is 0.191 e. The third-order valence-electron chi connectivity index (χ3n) is 5.88. The molecule has 1 unspecified atom stereocenters. The number of hydrogen-bond donors (Lipinski definition) is 2. The molecule has 6 nitrogen and oxygen atoms in total. The monoisotopic (exact) mass is 381 g/mol. The van der Waals surface area contributed by atoms with E-state index >= 15 is 0 Å². The summed E-state index contributed by atoms with van der Waals surface area (Å²) in [5.74, 6) is 1.55. The summed E-state index contributed by atoms with van der Waals surface area (Å²) in [7, 11) is 1.87. The maximum atomic E-state index is 5.50. The van der Waals surface area contributed by atoms with Gasteiger partial charge in [-0.3, -0.25) is 9.89 Å². The van der Waals surface area contributed by atoms with Gasteiger partial charge >= 0.3 is 0 Å². The van der Waals surface area contributed by atoms with Gasteiger partial charge in [0.2, 0.25) is 0 Å². The largest absolute Gasteiger partial charge is 0.379 e.